The molecule has 0 spiro atoms. The predicted molar refractivity (Wildman–Crippen MR) is 113 cm³/mol. The van der Waals surface area contributed by atoms with Gasteiger partial charge in [-0.1, -0.05) is 18.2 Å². The maximum absolute atomic E-state index is 11.2. The van der Waals surface area contributed by atoms with Gasteiger partial charge in [-0.3, -0.25) is 14.7 Å². The zero-order valence-corrected chi connectivity index (χ0v) is 17.0. The van der Waals surface area contributed by atoms with Gasteiger partial charge in [0.05, 0.1) is 17.8 Å². The van der Waals surface area contributed by atoms with E-state index in [1.54, 1.807) is 11.6 Å². The number of fused-ring (bicyclic) bond motifs is 1. The molecule has 0 radical (unpaired) electrons. The number of carbonyl (C=O) groups excluding carboxylic acids is 1. The number of hydrogen-bond donors (Lipinski definition) is 3. The van der Waals surface area contributed by atoms with E-state index in [0.717, 1.165) is 54.6 Å². The molecular weight excluding hydrogens is 354 g/mol. The quantitative estimate of drug-likeness (QED) is 0.182. The summed E-state index contributed by atoms with van der Waals surface area (Å²) in [4.78, 5) is 13.4. The van der Waals surface area contributed by atoms with Crippen molar-refractivity contribution in [3.63, 3.8) is 0 Å². The van der Waals surface area contributed by atoms with Gasteiger partial charge in [0.15, 0.2) is 0 Å². The van der Waals surface area contributed by atoms with Gasteiger partial charge in [0.25, 0.3) is 5.91 Å². The number of carbonyl (C=O) groups is 1. The average molecular weight is 386 g/mol. The topological polar surface area (TPSA) is 82.4 Å². The molecule has 0 aliphatic rings. The summed E-state index contributed by atoms with van der Waals surface area (Å²) >= 11 is 0. The van der Waals surface area contributed by atoms with Gasteiger partial charge >= 0.3 is 0 Å². The van der Waals surface area contributed by atoms with Crippen LogP contribution in [0.4, 0.5) is 0 Å². The summed E-state index contributed by atoms with van der Waals surface area (Å²) in [5, 5.41) is 18.0. The fraction of sp³-hybridized carbons (Fsp3) is 0.429. The summed E-state index contributed by atoms with van der Waals surface area (Å²) in [6.45, 7) is 5.40. The minimum atomic E-state index is -0.551. The second-order valence-corrected chi connectivity index (χ2v) is 6.95. The predicted octanol–water partition coefficient (Wildman–Crippen LogP) is 2.56. The standard InChI is InChI=1S/C21H31N5O2/c1-4-5-6-7-12-22-16-19-18-15-17(9-11-21(27)24-28)8-10-20(18)26(23-19)14-13-25(2)3/h4-5,8-11,15,22,28H,6-7,12-14,16H2,1-3H3,(H,24,27)/b5-4-,11-9+. The van der Waals surface area contributed by atoms with Crippen LogP contribution in [0, 0.1) is 0 Å². The lowest BCUT2D eigenvalue weighted by molar-refractivity contribution is -0.124. The minimum absolute atomic E-state index is 0.551. The number of allylic oxidation sites excluding steroid dienone is 2. The Balaban J connectivity index is 2.20. The molecule has 1 heterocycles. The van der Waals surface area contributed by atoms with Crippen molar-refractivity contribution in [2.45, 2.75) is 32.9 Å². The first-order chi connectivity index (χ1) is 13.5. The number of benzene rings is 1. The van der Waals surface area contributed by atoms with E-state index in [-0.39, 0.29) is 0 Å². The van der Waals surface area contributed by atoms with Crippen molar-refractivity contribution in [3.8, 4) is 0 Å². The summed E-state index contributed by atoms with van der Waals surface area (Å²) in [7, 11) is 4.10. The molecule has 7 heteroatoms. The number of nitrogens with one attached hydrogen (secondary N) is 2. The summed E-state index contributed by atoms with van der Waals surface area (Å²) in [6.07, 6.45) is 9.39. The van der Waals surface area contributed by atoms with Gasteiger partial charge in [-0.2, -0.15) is 5.10 Å². The van der Waals surface area contributed by atoms with E-state index in [9.17, 15) is 4.79 Å². The summed E-state index contributed by atoms with van der Waals surface area (Å²) in [5.74, 6) is -0.551. The third-order valence-electron chi connectivity index (χ3n) is 4.40. The van der Waals surface area contributed by atoms with Crippen LogP contribution in [-0.2, 0) is 17.9 Å². The van der Waals surface area contributed by atoms with E-state index in [1.807, 2.05) is 43.9 Å². The van der Waals surface area contributed by atoms with Gasteiger partial charge in [-0.05, 0) is 64.2 Å². The van der Waals surface area contributed by atoms with Gasteiger partial charge in [-0.25, -0.2) is 5.48 Å². The molecule has 0 aliphatic heterocycles. The lowest BCUT2D eigenvalue weighted by atomic mass is 10.1. The third kappa shape index (κ3) is 6.60. The van der Waals surface area contributed by atoms with Crippen LogP contribution in [0.5, 0.6) is 0 Å². The van der Waals surface area contributed by atoms with E-state index in [2.05, 4.69) is 22.4 Å². The first-order valence-electron chi connectivity index (χ1n) is 9.63. The molecule has 0 atom stereocenters. The summed E-state index contributed by atoms with van der Waals surface area (Å²) in [5.41, 5.74) is 4.57. The molecule has 7 nitrogen and oxygen atoms in total. The zero-order chi connectivity index (χ0) is 20.4. The smallest absolute Gasteiger partial charge is 0.267 e. The number of hydrogen-bond acceptors (Lipinski definition) is 5. The Labute approximate surface area is 166 Å². The van der Waals surface area contributed by atoms with Crippen molar-refractivity contribution in [1.29, 1.82) is 0 Å². The molecule has 0 aliphatic carbocycles. The number of hydroxylamine groups is 1. The van der Waals surface area contributed by atoms with Crippen LogP contribution in [0.3, 0.4) is 0 Å². The maximum atomic E-state index is 11.2. The van der Waals surface area contributed by atoms with Crippen LogP contribution in [-0.4, -0.2) is 53.0 Å². The first-order valence-corrected chi connectivity index (χ1v) is 9.63. The molecule has 1 aromatic carbocycles. The van der Waals surface area contributed by atoms with Crippen molar-refractivity contribution in [2.75, 3.05) is 27.2 Å². The molecule has 28 heavy (non-hydrogen) atoms. The van der Waals surface area contributed by atoms with Crippen LogP contribution in [0.1, 0.15) is 31.0 Å². The Hall–Kier alpha value is -2.48. The van der Waals surface area contributed by atoms with Gasteiger partial charge < -0.3 is 10.2 Å². The summed E-state index contributed by atoms with van der Waals surface area (Å²) in [6, 6.07) is 6.02. The van der Waals surface area contributed by atoms with E-state index >= 15 is 0 Å². The van der Waals surface area contributed by atoms with E-state index in [0.29, 0.717) is 6.54 Å². The van der Waals surface area contributed by atoms with Crippen molar-refractivity contribution in [1.82, 2.24) is 25.5 Å². The zero-order valence-electron chi connectivity index (χ0n) is 17.0. The number of unbranched alkanes of at least 4 members (excludes halogenated alkanes) is 1. The average Bonchev–Trinajstić information content (AvgIpc) is 3.04. The van der Waals surface area contributed by atoms with Crippen LogP contribution < -0.4 is 10.8 Å². The van der Waals surface area contributed by atoms with E-state index in [4.69, 9.17) is 10.3 Å². The normalized spacial score (nSPS) is 12.0. The molecule has 152 valence electrons. The second kappa shape index (κ2) is 11.4. The molecule has 0 saturated carbocycles. The van der Waals surface area contributed by atoms with Gasteiger partial charge in [0.1, 0.15) is 0 Å². The lowest BCUT2D eigenvalue weighted by Crippen LogP contribution is -2.19. The Morgan fingerprint density at radius 1 is 1.36 bits per heavy atom. The molecule has 0 saturated heterocycles. The van der Waals surface area contributed by atoms with Crippen molar-refractivity contribution in [3.05, 3.63) is 47.7 Å². The number of likely N-dealkylation sites (N-methyl/N-ethyl adjacent to an activating group) is 1. The van der Waals surface area contributed by atoms with Gasteiger partial charge in [0.2, 0.25) is 0 Å². The monoisotopic (exact) mass is 385 g/mol. The number of aromatic nitrogens is 2. The number of rotatable bonds is 11. The van der Waals surface area contributed by atoms with Gasteiger partial charge in [-0.15, -0.1) is 0 Å². The van der Waals surface area contributed by atoms with Crippen LogP contribution in [0.25, 0.3) is 17.0 Å². The minimum Gasteiger partial charge on any atom is -0.311 e. The molecule has 0 unspecified atom stereocenters. The highest BCUT2D eigenvalue weighted by atomic mass is 16.5. The molecule has 3 N–H and O–H groups in total. The van der Waals surface area contributed by atoms with Crippen molar-refractivity contribution < 1.29 is 10.0 Å². The highest BCUT2D eigenvalue weighted by Gasteiger charge is 2.11. The SMILES string of the molecule is C/C=C\CCCNCc1nn(CCN(C)C)c2ccc(/C=C/C(=O)NO)cc12. The number of amides is 1. The fourth-order valence-electron chi connectivity index (χ4n) is 2.89. The van der Waals surface area contributed by atoms with Crippen LogP contribution in [0.2, 0.25) is 0 Å². The van der Waals surface area contributed by atoms with E-state index in [1.165, 1.54) is 6.08 Å². The fourth-order valence-corrected chi connectivity index (χ4v) is 2.89. The third-order valence-corrected chi connectivity index (χ3v) is 4.40. The summed E-state index contributed by atoms with van der Waals surface area (Å²) < 4.78 is 2.04. The molecule has 0 bridgehead atoms. The highest BCUT2D eigenvalue weighted by Crippen LogP contribution is 2.21. The Morgan fingerprint density at radius 3 is 2.89 bits per heavy atom. The molecular formula is C21H31N5O2. The molecule has 1 amide bonds. The molecule has 2 aromatic rings. The van der Waals surface area contributed by atoms with Gasteiger partial charge in [0, 0.05) is 24.6 Å². The second-order valence-electron chi connectivity index (χ2n) is 6.95. The van der Waals surface area contributed by atoms with E-state index < -0.39 is 5.91 Å². The first kappa shape index (κ1) is 21.8. The van der Waals surface area contributed by atoms with Crippen molar-refractivity contribution >= 4 is 22.9 Å². The van der Waals surface area contributed by atoms with Crippen molar-refractivity contribution in [2.24, 2.45) is 0 Å². The number of nitrogens with zero attached hydrogens (tertiary/aromatic N) is 3. The molecule has 2 rings (SSSR count). The Kier molecular flexibility index (Phi) is 8.87. The largest absolute Gasteiger partial charge is 0.311 e. The van der Waals surface area contributed by atoms with Crippen LogP contribution in [0.15, 0.2) is 36.4 Å². The highest BCUT2D eigenvalue weighted by molar-refractivity contribution is 5.92. The molecule has 0 fully saturated rings. The maximum Gasteiger partial charge on any atom is 0.267 e. The molecule has 1 aromatic heterocycles. The van der Waals surface area contributed by atoms with Crippen LogP contribution >= 0.6 is 0 Å². The lowest BCUT2D eigenvalue weighted by Gasteiger charge is -2.10. The Morgan fingerprint density at radius 2 is 2.18 bits per heavy atom. The Bertz CT molecular complexity index is 824.